The number of benzene rings is 1. The number of hydrogen-bond donors (Lipinski definition) is 0. The van der Waals surface area contributed by atoms with E-state index in [1.54, 1.807) is 18.2 Å². The van der Waals surface area contributed by atoms with Gasteiger partial charge in [0, 0.05) is 13.1 Å². The van der Waals surface area contributed by atoms with Crippen LogP contribution < -0.4 is 4.74 Å². The Balaban J connectivity index is 1.94. The zero-order valence-electron chi connectivity index (χ0n) is 10.2. The summed E-state index contributed by atoms with van der Waals surface area (Å²) in [5.41, 5.74) is 0. The van der Waals surface area contributed by atoms with E-state index in [4.69, 9.17) is 4.74 Å². The molecule has 1 aromatic carbocycles. The van der Waals surface area contributed by atoms with Crippen molar-refractivity contribution in [1.82, 2.24) is 4.31 Å². The maximum absolute atomic E-state index is 13.4. The molecule has 18 heavy (non-hydrogen) atoms. The van der Waals surface area contributed by atoms with Crippen LogP contribution in [0.5, 0.6) is 5.75 Å². The molecular weight excluding hydrogens is 257 g/mol. The van der Waals surface area contributed by atoms with Gasteiger partial charge in [-0.3, -0.25) is 0 Å². The number of piperidine rings is 1. The van der Waals surface area contributed by atoms with E-state index < -0.39 is 10.0 Å². The van der Waals surface area contributed by atoms with Crippen molar-refractivity contribution in [3.05, 3.63) is 30.1 Å². The Morgan fingerprint density at radius 3 is 2.44 bits per heavy atom. The Bertz CT molecular complexity index is 510. The quantitative estimate of drug-likeness (QED) is 0.841. The highest BCUT2D eigenvalue weighted by Gasteiger charge is 2.26. The molecular formula is C12H16FNO3S. The van der Waals surface area contributed by atoms with Gasteiger partial charge >= 0.3 is 0 Å². The molecule has 0 amide bonds. The SMILES string of the molecule is CS(=O)(=O)N1CCC(Oc2ccccc2F)CC1. The Morgan fingerprint density at radius 1 is 1.28 bits per heavy atom. The molecule has 0 bridgehead atoms. The number of ether oxygens (including phenoxy) is 1. The highest BCUT2D eigenvalue weighted by atomic mass is 32.2. The Labute approximate surface area is 106 Å². The molecule has 6 heteroatoms. The number of nitrogens with zero attached hydrogens (tertiary/aromatic N) is 1. The molecule has 0 aromatic heterocycles. The minimum atomic E-state index is -3.13. The van der Waals surface area contributed by atoms with Crippen LogP contribution in [0, 0.1) is 5.82 Å². The topological polar surface area (TPSA) is 46.6 Å². The van der Waals surface area contributed by atoms with Gasteiger partial charge in [-0.2, -0.15) is 0 Å². The number of sulfonamides is 1. The second-order valence-electron chi connectivity index (χ2n) is 4.41. The first kappa shape index (κ1) is 13.3. The first-order valence-electron chi connectivity index (χ1n) is 5.83. The third-order valence-electron chi connectivity index (χ3n) is 3.00. The predicted molar refractivity (Wildman–Crippen MR) is 66.5 cm³/mol. The van der Waals surface area contributed by atoms with Crippen LogP contribution in [0.2, 0.25) is 0 Å². The second-order valence-corrected chi connectivity index (χ2v) is 6.39. The lowest BCUT2D eigenvalue weighted by Gasteiger charge is -2.30. The van der Waals surface area contributed by atoms with Gasteiger partial charge in [0.2, 0.25) is 10.0 Å². The van der Waals surface area contributed by atoms with Crippen molar-refractivity contribution >= 4 is 10.0 Å². The van der Waals surface area contributed by atoms with Gasteiger partial charge in [-0.25, -0.2) is 17.1 Å². The summed E-state index contributed by atoms with van der Waals surface area (Å²) in [6.45, 7) is 0.857. The maximum Gasteiger partial charge on any atom is 0.211 e. The van der Waals surface area contributed by atoms with Gasteiger partial charge in [0.15, 0.2) is 11.6 Å². The molecule has 1 fully saturated rings. The largest absolute Gasteiger partial charge is 0.487 e. The summed E-state index contributed by atoms with van der Waals surface area (Å²) in [5, 5.41) is 0. The van der Waals surface area contributed by atoms with Gasteiger partial charge in [0.25, 0.3) is 0 Å². The van der Waals surface area contributed by atoms with E-state index >= 15 is 0 Å². The van der Waals surface area contributed by atoms with E-state index in [0.29, 0.717) is 25.9 Å². The van der Waals surface area contributed by atoms with Gasteiger partial charge in [-0.05, 0) is 25.0 Å². The van der Waals surface area contributed by atoms with Crippen LogP contribution in [0.4, 0.5) is 4.39 Å². The first-order chi connectivity index (χ1) is 8.47. The highest BCUT2D eigenvalue weighted by molar-refractivity contribution is 7.88. The molecule has 4 nitrogen and oxygen atoms in total. The lowest BCUT2D eigenvalue weighted by Crippen LogP contribution is -2.41. The van der Waals surface area contributed by atoms with Crippen molar-refractivity contribution in [1.29, 1.82) is 0 Å². The normalized spacial score (nSPS) is 18.8. The third kappa shape index (κ3) is 3.20. The van der Waals surface area contributed by atoms with E-state index in [1.807, 2.05) is 0 Å². The van der Waals surface area contributed by atoms with Gasteiger partial charge in [0.05, 0.1) is 6.26 Å². The maximum atomic E-state index is 13.4. The number of hydrogen-bond acceptors (Lipinski definition) is 3. The molecule has 100 valence electrons. The summed E-state index contributed by atoms with van der Waals surface area (Å²) in [6.07, 6.45) is 2.24. The Kier molecular flexibility index (Phi) is 3.87. The lowest BCUT2D eigenvalue weighted by atomic mass is 10.1. The van der Waals surface area contributed by atoms with Crippen LogP contribution >= 0.6 is 0 Å². The Hall–Kier alpha value is -1.14. The van der Waals surface area contributed by atoms with Crippen LogP contribution in [0.15, 0.2) is 24.3 Å². The van der Waals surface area contributed by atoms with E-state index in [1.165, 1.54) is 16.6 Å². The fraction of sp³-hybridized carbons (Fsp3) is 0.500. The smallest absolute Gasteiger partial charge is 0.211 e. The first-order valence-corrected chi connectivity index (χ1v) is 7.68. The van der Waals surface area contributed by atoms with Crippen LogP contribution in [0.25, 0.3) is 0 Å². The monoisotopic (exact) mass is 273 g/mol. The molecule has 1 heterocycles. The van der Waals surface area contributed by atoms with Crippen molar-refractivity contribution < 1.29 is 17.5 Å². The second kappa shape index (κ2) is 5.24. The van der Waals surface area contributed by atoms with Crippen molar-refractivity contribution in [3.63, 3.8) is 0 Å². The minimum Gasteiger partial charge on any atom is -0.487 e. The summed E-state index contributed by atoms with van der Waals surface area (Å²) in [4.78, 5) is 0. The van der Waals surface area contributed by atoms with Crippen LogP contribution in [-0.2, 0) is 10.0 Å². The van der Waals surface area contributed by atoms with Crippen LogP contribution in [-0.4, -0.2) is 38.2 Å². The molecule has 1 aliphatic rings. The fourth-order valence-corrected chi connectivity index (χ4v) is 2.88. The molecule has 0 saturated carbocycles. The average Bonchev–Trinajstić information content (AvgIpc) is 2.32. The average molecular weight is 273 g/mol. The molecule has 1 saturated heterocycles. The predicted octanol–water partition coefficient (Wildman–Crippen LogP) is 1.63. The van der Waals surface area contributed by atoms with Crippen molar-refractivity contribution in [2.45, 2.75) is 18.9 Å². The molecule has 0 aliphatic carbocycles. The molecule has 0 spiro atoms. The summed E-state index contributed by atoms with van der Waals surface area (Å²) in [7, 11) is -3.13. The van der Waals surface area contributed by atoms with Crippen LogP contribution in [0.1, 0.15) is 12.8 Å². The molecule has 0 unspecified atom stereocenters. The van der Waals surface area contributed by atoms with E-state index in [0.717, 1.165) is 0 Å². The van der Waals surface area contributed by atoms with E-state index in [9.17, 15) is 12.8 Å². The molecule has 1 aromatic rings. The number of rotatable bonds is 3. The van der Waals surface area contributed by atoms with Gasteiger partial charge < -0.3 is 4.74 Å². The van der Waals surface area contributed by atoms with Crippen molar-refractivity contribution in [2.24, 2.45) is 0 Å². The summed E-state index contributed by atoms with van der Waals surface area (Å²) in [6, 6.07) is 6.25. The molecule has 2 rings (SSSR count). The summed E-state index contributed by atoms with van der Waals surface area (Å²) >= 11 is 0. The zero-order valence-corrected chi connectivity index (χ0v) is 11.0. The third-order valence-corrected chi connectivity index (χ3v) is 4.30. The molecule has 0 radical (unpaired) electrons. The fourth-order valence-electron chi connectivity index (χ4n) is 2.00. The number of halogens is 1. The standard InChI is InChI=1S/C12H16FNO3S/c1-18(15,16)14-8-6-10(7-9-14)17-12-5-3-2-4-11(12)13/h2-5,10H,6-9H2,1H3. The highest BCUT2D eigenvalue weighted by Crippen LogP contribution is 2.22. The van der Waals surface area contributed by atoms with Gasteiger partial charge in [0.1, 0.15) is 6.10 Å². The zero-order chi connectivity index (χ0) is 13.2. The Morgan fingerprint density at radius 2 is 1.89 bits per heavy atom. The molecule has 0 N–H and O–H groups in total. The minimum absolute atomic E-state index is 0.125. The number of para-hydroxylation sites is 1. The van der Waals surface area contributed by atoms with Crippen molar-refractivity contribution in [3.8, 4) is 5.75 Å². The lowest BCUT2D eigenvalue weighted by molar-refractivity contribution is 0.130. The summed E-state index contributed by atoms with van der Waals surface area (Å²) in [5.74, 6) is -0.154. The van der Waals surface area contributed by atoms with Crippen LogP contribution in [0.3, 0.4) is 0 Å². The van der Waals surface area contributed by atoms with Gasteiger partial charge in [-0.1, -0.05) is 12.1 Å². The van der Waals surface area contributed by atoms with E-state index in [2.05, 4.69) is 0 Å². The molecule has 1 aliphatic heterocycles. The molecule has 0 atom stereocenters. The van der Waals surface area contributed by atoms with E-state index in [-0.39, 0.29) is 17.7 Å². The van der Waals surface area contributed by atoms with Crippen molar-refractivity contribution in [2.75, 3.05) is 19.3 Å². The summed E-state index contributed by atoms with van der Waals surface area (Å²) < 4.78 is 43.0. The van der Waals surface area contributed by atoms with Gasteiger partial charge in [-0.15, -0.1) is 0 Å².